The molecule has 1 aliphatic rings. The molecule has 0 N–H and O–H groups in total. The zero-order valence-electron chi connectivity index (χ0n) is 11.3. The highest BCUT2D eigenvalue weighted by Crippen LogP contribution is 2.49. The van der Waals surface area contributed by atoms with E-state index in [0.717, 1.165) is 25.5 Å². The molecule has 0 aromatic carbocycles. The lowest BCUT2D eigenvalue weighted by Gasteiger charge is -2.41. The van der Waals surface area contributed by atoms with Gasteiger partial charge in [0.15, 0.2) is 0 Å². The van der Waals surface area contributed by atoms with E-state index in [1.807, 2.05) is 0 Å². The molecule has 0 heterocycles. The van der Waals surface area contributed by atoms with E-state index >= 15 is 0 Å². The summed E-state index contributed by atoms with van der Waals surface area (Å²) in [7, 11) is -1.54. The van der Waals surface area contributed by atoms with Crippen molar-refractivity contribution >= 4 is 20.9 Å². The number of hydrogen-bond donors (Lipinski definition) is 0. The van der Waals surface area contributed by atoms with Crippen molar-refractivity contribution in [3.8, 4) is 0 Å². The highest BCUT2D eigenvalue weighted by atomic mass is 35.5. The molecule has 0 aromatic rings. The Balaban J connectivity index is 2.68. The van der Waals surface area contributed by atoms with Gasteiger partial charge in [0.2, 0.25) is 0 Å². The predicted octanol–water partition coefficient (Wildman–Crippen LogP) is 4.00. The molecule has 0 aromatic heterocycles. The van der Waals surface area contributed by atoms with E-state index in [9.17, 15) is 0 Å². The zero-order chi connectivity index (χ0) is 12.6. The second kappa shape index (κ2) is 8.52. The van der Waals surface area contributed by atoms with Crippen LogP contribution in [0.5, 0.6) is 0 Å². The Labute approximate surface area is 113 Å². The topological polar surface area (TPSA) is 18.5 Å². The van der Waals surface area contributed by atoms with Crippen molar-refractivity contribution in [3.05, 3.63) is 0 Å². The number of hydrogen-bond acceptors (Lipinski definition) is 2. The minimum Gasteiger partial charge on any atom is -0.397 e. The molecule has 2 nitrogen and oxygen atoms in total. The van der Waals surface area contributed by atoms with E-state index in [0.29, 0.717) is 5.04 Å². The van der Waals surface area contributed by atoms with E-state index < -0.39 is 9.28 Å². The molecule has 0 spiro atoms. The third-order valence-electron chi connectivity index (χ3n) is 3.79. The molecule has 0 amide bonds. The summed E-state index contributed by atoms with van der Waals surface area (Å²) in [4.78, 5) is 0. The summed E-state index contributed by atoms with van der Waals surface area (Å²) in [5.41, 5.74) is 0. The molecular formula is C13H27ClO2Si. The largest absolute Gasteiger partial charge is 0.397 e. The van der Waals surface area contributed by atoms with E-state index in [4.69, 9.17) is 20.5 Å². The SMILES string of the molecule is CCO[SiH](OCC)C1(CCCCl)CCCCC1. The fourth-order valence-electron chi connectivity index (χ4n) is 2.98. The van der Waals surface area contributed by atoms with Crippen molar-refractivity contribution in [2.75, 3.05) is 19.1 Å². The molecule has 17 heavy (non-hydrogen) atoms. The minimum absolute atomic E-state index is 0.360. The van der Waals surface area contributed by atoms with Crippen molar-refractivity contribution in [2.45, 2.75) is 63.8 Å². The fraction of sp³-hybridized carbons (Fsp3) is 1.00. The van der Waals surface area contributed by atoms with Crippen molar-refractivity contribution in [1.82, 2.24) is 0 Å². The van der Waals surface area contributed by atoms with Gasteiger partial charge in [-0.05, 0) is 39.5 Å². The van der Waals surface area contributed by atoms with Crippen LogP contribution in [-0.4, -0.2) is 28.4 Å². The highest BCUT2D eigenvalue weighted by Gasteiger charge is 2.42. The standard InChI is InChI=1S/C13H27ClO2Si/c1-3-15-17(16-4-2)13(11-8-12-14)9-6-5-7-10-13/h17H,3-12H2,1-2H3. The summed E-state index contributed by atoms with van der Waals surface area (Å²) in [6, 6.07) is 0. The molecule has 0 bridgehead atoms. The van der Waals surface area contributed by atoms with Gasteiger partial charge in [0.05, 0.1) is 0 Å². The van der Waals surface area contributed by atoms with Gasteiger partial charge in [-0.15, -0.1) is 11.6 Å². The van der Waals surface area contributed by atoms with Gasteiger partial charge in [0.25, 0.3) is 0 Å². The first kappa shape index (κ1) is 15.5. The normalized spacial score (nSPS) is 19.8. The molecule has 0 saturated heterocycles. The molecule has 1 rings (SSSR count). The van der Waals surface area contributed by atoms with E-state index in [1.165, 1.54) is 38.5 Å². The number of halogens is 1. The van der Waals surface area contributed by atoms with Gasteiger partial charge in [0, 0.05) is 24.1 Å². The Morgan fingerprint density at radius 3 is 2.12 bits per heavy atom. The van der Waals surface area contributed by atoms with Gasteiger partial charge in [-0.2, -0.15) is 0 Å². The van der Waals surface area contributed by atoms with Crippen LogP contribution in [0.1, 0.15) is 58.8 Å². The molecule has 0 radical (unpaired) electrons. The molecular weight excluding hydrogens is 252 g/mol. The summed E-state index contributed by atoms with van der Waals surface area (Å²) in [5.74, 6) is 0.765. The monoisotopic (exact) mass is 278 g/mol. The van der Waals surface area contributed by atoms with Gasteiger partial charge in [-0.1, -0.05) is 19.3 Å². The average molecular weight is 279 g/mol. The molecule has 102 valence electrons. The van der Waals surface area contributed by atoms with Gasteiger partial charge in [-0.25, -0.2) is 0 Å². The van der Waals surface area contributed by atoms with Crippen LogP contribution in [0.4, 0.5) is 0 Å². The van der Waals surface area contributed by atoms with Crippen molar-refractivity contribution in [1.29, 1.82) is 0 Å². The smallest absolute Gasteiger partial charge is 0.327 e. The molecule has 1 fully saturated rings. The summed E-state index contributed by atoms with van der Waals surface area (Å²) < 4.78 is 12.0. The third kappa shape index (κ3) is 4.55. The van der Waals surface area contributed by atoms with Gasteiger partial charge >= 0.3 is 9.28 Å². The van der Waals surface area contributed by atoms with E-state index in [1.54, 1.807) is 0 Å². The second-order valence-electron chi connectivity index (χ2n) is 4.96. The Morgan fingerprint density at radius 2 is 1.65 bits per heavy atom. The summed E-state index contributed by atoms with van der Waals surface area (Å²) in [5, 5.41) is 0.360. The first-order valence-corrected chi connectivity index (χ1v) is 9.13. The Hall–Kier alpha value is 0.427. The lowest BCUT2D eigenvalue weighted by atomic mass is 9.85. The average Bonchev–Trinajstić information content (AvgIpc) is 2.37. The van der Waals surface area contributed by atoms with Crippen LogP contribution in [0.2, 0.25) is 5.04 Å². The quantitative estimate of drug-likeness (QED) is 0.493. The predicted molar refractivity (Wildman–Crippen MR) is 76.1 cm³/mol. The summed E-state index contributed by atoms with van der Waals surface area (Å²) in [6.45, 7) is 5.74. The second-order valence-corrected chi connectivity index (χ2v) is 7.89. The van der Waals surface area contributed by atoms with Crippen LogP contribution >= 0.6 is 11.6 Å². The van der Waals surface area contributed by atoms with Gasteiger partial charge in [-0.3, -0.25) is 0 Å². The van der Waals surface area contributed by atoms with Crippen molar-refractivity contribution < 1.29 is 8.85 Å². The molecule has 1 aliphatic carbocycles. The lowest BCUT2D eigenvalue weighted by Crippen LogP contribution is -2.40. The van der Waals surface area contributed by atoms with E-state index in [2.05, 4.69) is 13.8 Å². The lowest BCUT2D eigenvalue weighted by molar-refractivity contribution is 0.162. The van der Waals surface area contributed by atoms with Crippen molar-refractivity contribution in [2.24, 2.45) is 0 Å². The van der Waals surface area contributed by atoms with Crippen LogP contribution in [-0.2, 0) is 8.85 Å². The van der Waals surface area contributed by atoms with Gasteiger partial charge in [0.1, 0.15) is 0 Å². The van der Waals surface area contributed by atoms with E-state index in [-0.39, 0.29) is 0 Å². The zero-order valence-corrected chi connectivity index (χ0v) is 13.3. The van der Waals surface area contributed by atoms with Crippen LogP contribution < -0.4 is 0 Å². The van der Waals surface area contributed by atoms with Crippen molar-refractivity contribution in [3.63, 3.8) is 0 Å². The third-order valence-corrected chi connectivity index (χ3v) is 7.20. The maximum Gasteiger partial charge on any atom is 0.327 e. The molecule has 1 saturated carbocycles. The maximum atomic E-state index is 6.00. The van der Waals surface area contributed by atoms with Gasteiger partial charge < -0.3 is 8.85 Å². The first-order chi connectivity index (χ1) is 8.29. The molecule has 0 unspecified atom stereocenters. The van der Waals surface area contributed by atoms with Crippen LogP contribution in [0, 0.1) is 0 Å². The van der Waals surface area contributed by atoms with Crippen LogP contribution in [0.25, 0.3) is 0 Å². The van der Waals surface area contributed by atoms with Crippen LogP contribution in [0.3, 0.4) is 0 Å². The molecule has 4 heteroatoms. The molecule has 0 atom stereocenters. The molecule has 0 aliphatic heterocycles. The maximum absolute atomic E-state index is 6.00. The fourth-order valence-corrected chi connectivity index (χ4v) is 5.84. The Bertz CT molecular complexity index is 190. The Morgan fingerprint density at radius 1 is 1.06 bits per heavy atom. The number of rotatable bonds is 8. The minimum atomic E-state index is -1.54. The number of alkyl halides is 1. The summed E-state index contributed by atoms with van der Waals surface area (Å²) >= 11 is 5.88. The highest BCUT2D eigenvalue weighted by molar-refractivity contribution is 6.48. The van der Waals surface area contributed by atoms with Crippen LogP contribution in [0.15, 0.2) is 0 Å². The Kier molecular flexibility index (Phi) is 7.76. The first-order valence-electron chi connectivity index (χ1n) is 7.08. The summed E-state index contributed by atoms with van der Waals surface area (Å²) in [6.07, 6.45) is 8.94.